The van der Waals surface area contributed by atoms with Gasteiger partial charge < -0.3 is 4.57 Å². The summed E-state index contributed by atoms with van der Waals surface area (Å²) in [7, 11) is -1.99. The van der Waals surface area contributed by atoms with E-state index < -0.39 is 7.14 Å². The highest BCUT2D eigenvalue weighted by molar-refractivity contribution is 7.66. The predicted molar refractivity (Wildman–Crippen MR) is 50.5 cm³/mol. The Hall–Kier alpha value is -0.290. The minimum Gasteiger partial charge on any atom is -0.319 e. The second kappa shape index (κ2) is 2.98. The van der Waals surface area contributed by atoms with Gasteiger partial charge in [0.1, 0.15) is 7.14 Å². The molecule has 0 aromatic carbocycles. The number of hydrogen-bond donors (Lipinski definition) is 0. The molecule has 0 atom stereocenters. The summed E-state index contributed by atoms with van der Waals surface area (Å²) in [6.45, 7) is 5.75. The molecule has 0 N–H and O–H groups in total. The van der Waals surface area contributed by atoms with E-state index in [1.807, 2.05) is 13.3 Å². The van der Waals surface area contributed by atoms with Crippen molar-refractivity contribution in [2.24, 2.45) is 0 Å². The first-order valence-corrected chi connectivity index (χ1v) is 6.53. The summed E-state index contributed by atoms with van der Waals surface area (Å²) in [5.74, 6) is 0. The summed E-state index contributed by atoms with van der Waals surface area (Å²) in [4.78, 5) is 0. The molecule has 1 aliphatic rings. The zero-order valence-electron chi connectivity index (χ0n) is 7.42. The Morgan fingerprint density at radius 2 is 2.09 bits per heavy atom. The maximum Gasteiger partial charge on any atom is 0.109 e. The van der Waals surface area contributed by atoms with E-state index >= 15 is 0 Å². The quantitative estimate of drug-likeness (QED) is 0.552. The fourth-order valence-corrected chi connectivity index (χ4v) is 2.31. The van der Waals surface area contributed by atoms with Crippen molar-refractivity contribution in [3.8, 4) is 0 Å². The molecule has 11 heavy (non-hydrogen) atoms. The maximum absolute atomic E-state index is 11.6. The van der Waals surface area contributed by atoms with Gasteiger partial charge in [0.25, 0.3) is 0 Å². The van der Waals surface area contributed by atoms with Gasteiger partial charge in [0.2, 0.25) is 0 Å². The van der Waals surface area contributed by atoms with Crippen LogP contribution in [-0.4, -0.2) is 13.3 Å². The van der Waals surface area contributed by atoms with Crippen molar-refractivity contribution < 1.29 is 4.57 Å². The second-order valence-electron chi connectivity index (χ2n) is 3.51. The summed E-state index contributed by atoms with van der Waals surface area (Å²) in [6, 6.07) is 0. The molecule has 0 saturated heterocycles. The van der Waals surface area contributed by atoms with Crippen LogP contribution in [0.25, 0.3) is 0 Å². The molecule has 0 fully saturated rings. The molecular formula is C9H15OP. The average Bonchev–Trinajstić information content (AvgIpc) is 1.86. The molecule has 0 aliphatic heterocycles. The van der Waals surface area contributed by atoms with Gasteiger partial charge >= 0.3 is 0 Å². The largest absolute Gasteiger partial charge is 0.319 e. The normalized spacial score (nSPS) is 19.2. The Morgan fingerprint density at radius 1 is 1.45 bits per heavy atom. The summed E-state index contributed by atoms with van der Waals surface area (Å²) >= 11 is 0. The van der Waals surface area contributed by atoms with Crippen molar-refractivity contribution in [3.05, 3.63) is 23.0 Å². The molecule has 62 valence electrons. The molecule has 1 nitrogen and oxygen atoms in total. The first-order valence-electron chi connectivity index (χ1n) is 3.93. The standard InChI is InChI=1S/C9H15OP/c1-8-5-4-6-9(7-8)11(2,3)10/h6-7H,4-5H2,1-3H3. The predicted octanol–water partition coefficient (Wildman–Crippen LogP) is 3.23. The van der Waals surface area contributed by atoms with E-state index in [9.17, 15) is 4.57 Å². The Balaban J connectivity index is 2.91. The minimum atomic E-state index is -1.99. The van der Waals surface area contributed by atoms with E-state index in [2.05, 4.69) is 19.1 Å². The van der Waals surface area contributed by atoms with E-state index in [0.717, 1.165) is 18.2 Å². The first-order chi connectivity index (χ1) is 5.00. The van der Waals surface area contributed by atoms with Crippen LogP contribution in [-0.2, 0) is 4.57 Å². The third-order valence-corrected chi connectivity index (χ3v) is 3.46. The van der Waals surface area contributed by atoms with Gasteiger partial charge in [-0.25, -0.2) is 0 Å². The van der Waals surface area contributed by atoms with E-state index in [-0.39, 0.29) is 0 Å². The molecule has 0 aromatic heterocycles. The molecule has 2 heteroatoms. The third kappa shape index (κ3) is 2.34. The smallest absolute Gasteiger partial charge is 0.109 e. The molecule has 0 aromatic rings. The van der Waals surface area contributed by atoms with Crippen molar-refractivity contribution in [1.82, 2.24) is 0 Å². The SMILES string of the molecule is CC1=CC(P(C)(C)=O)=CCC1. The van der Waals surface area contributed by atoms with Crippen LogP contribution in [0, 0.1) is 0 Å². The molecule has 0 spiro atoms. The van der Waals surface area contributed by atoms with E-state index in [1.54, 1.807) is 0 Å². The molecule has 0 radical (unpaired) electrons. The van der Waals surface area contributed by atoms with Gasteiger partial charge in [0, 0.05) is 5.31 Å². The van der Waals surface area contributed by atoms with Gasteiger partial charge in [-0.1, -0.05) is 17.7 Å². The molecule has 0 saturated carbocycles. The summed E-state index contributed by atoms with van der Waals surface area (Å²) in [5.41, 5.74) is 1.35. The van der Waals surface area contributed by atoms with Gasteiger partial charge in [-0.05, 0) is 33.1 Å². The van der Waals surface area contributed by atoms with Crippen molar-refractivity contribution >= 4 is 7.14 Å². The van der Waals surface area contributed by atoms with Gasteiger partial charge in [-0.2, -0.15) is 0 Å². The highest BCUT2D eigenvalue weighted by Crippen LogP contribution is 2.48. The fourth-order valence-electron chi connectivity index (χ4n) is 1.21. The van der Waals surface area contributed by atoms with Crippen LogP contribution in [0.15, 0.2) is 23.0 Å². The van der Waals surface area contributed by atoms with Crippen molar-refractivity contribution in [1.29, 1.82) is 0 Å². The van der Waals surface area contributed by atoms with E-state index in [0.29, 0.717) is 0 Å². The van der Waals surface area contributed by atoms with Crippen molar-refractivity contribution in [3.63, 3.8) is 0 Å². The highest BCUT2D eigenvalue weighted by Gasteiger charge is 2.14. The van der Waals surface area contributed by atoms with Crippen LogP contribution < -0.4 is 0 Å². The lowest BCUT2D eigenvalue weighted by atomic mass is 10.1. The molecule has 0 amide bonds. The Labute approximate surface area is 68.6 Å². The maximum atomic E-state index is 11.6. The van der Waals surface area contributed by atoms with Gasteiger partial charge in [0.15, 0.2) is 0 Å². The van der Waals surface area contributed by atoms with Gasteiger partial charge in [-0.3, -0.25) is 0 Å². The molecule has 0 unspecified atom stereocenters. The van der Waals surface area contributed by atoms with Crippen molar-refractivity contribution in [2.45, 2.75) is 19.8 Å². The number of rotatable bonds is 1. The summed E-state index contributed by atoms with van der Waals surface area (Å²) in [5, 5.41) is 1.06. The van der Waals surface area contributed by atoms with Crippen LogP contribution in [0.4, 0.5) is 0 Å². The van der Waals surface area contributed by atoms with E-state index in [4.69, 9.17) is 0 Å². The Bertz CT molecular complexity index is 255. The highest BCUT2D eigenvalue weighted by atomic mass is 31.2. The van der Waals surface area contributed by atoms with Crippen LogP contribution in [0.5, 0.6) is 0 Å². The zero-order valence-corrected chi connectivity index (χ0v) is 8.32. The molecule has 0 bridgehead atoms. The number of allylic oxidation sites excluding steroid dienone is 4. The molecular weight excluding hydrogens is 155 g/mol. The van der Waals surface area contributed by atoms with Crippen LogP contribution >= 0.6 is 7.14 Å². The lowest BCUT2D eigenvalue weighted by Gasteiger charge is -2.13. The third-order valence-electron chi connectivity index (χ3n) is 1.91. The first kappa shape index (κ1) is 8.80. The monoisotopic (exact) mass is 170 g/mol. The number of hydrogen-bond acceptors (Lipinski definition) is 1. The van der Waals surface area contributed by atoms with Gasteiger partial charge in [0.05, 0.1) is 0 Å². The lowest BCUT2D eigenvalue weighted by molar-refractivity contribution is 0.586. The van der Waals surface area contributed by atoms with Crippen LogP contribution in [0.3, 0.4) is 0 Å². The zero-order chi connectivity index (χ0) is 8.48. The molecule has 1 rings (SSSR count). The van der Waals surface area contributed by atoms with Gasteiger partial charge in [-0.15, -0.1) is 0 Å². The molecule has 1 aliphatic carbocycles. The second-order valence-corrected chi connectivity index (χ2v) is 6.73. The Kier molecular flexibility index (Phi) is 2.39. The lowest BCUT2D eigenvalue weighted by Crippen LogP contribution is -1.89. The van der Waals surface area contributed by atoms with E-state index in [1.165, 1.54) is 5.57 Å². The average molecular weight is 170 g/mol. The summed E-state index contributed by atoms with van der Waals surface area (Å²) in [6.07, 6.45) is 6.37. The summed E-state index contributed by atoms with van der Waals surface area (Å²) < 4.78 is 11.6. The van der Waals surface area contributed by atoms with Crippen molar-refractivity contribution in [2.75, 3.05) is 13.3 Å². The minimum absolute atomic E-state index is 1.06. The van der Waals surface area contributed by atoms with Crippen LogP contribution in [0.1, 0.15) is 19.8 Å². The molecule has 0 heterocycles. The topological polar surface area (TPSA) is 17.1 Å². The fraction of sp³-hybridized carbons (Fsp3) is 0.556. The van der Waals surface area contributed by atoms with Crippen LogP contribution in [0.2, 0.25) is 0 Å². The Morgan fingerprint density at radius 3 is 2.45 bits per heavy atom.